The molecule has 2 aromatic carbocycles. The van der Waals surface area contributed by atoms with Crippen LogP contribution in [0.15, 0.2) is 42.5 Å². The number of benzene rings is 2. The molecule has 24 heavy (non-hydrogen) atoms. The van der Waals surface area contributed by atoms with Crippen molar-refractivity contribution >= 4 is 34.8 Å². The van der Waals surface area contributed by atoms with Crippen LogP contribution in [0, 0.1) is 0 Å². The van der Waals surface area contributed by atoms with E-state index in [1.807, 2.05) is 43.1 Å². The highest BCUT2D eigenvalue weighted by Gasteiger charge is 2.19. The minimum atomic E-state index is -0.340. The van der Waals surface area contributed by atoms with Crippen LogP contribution in [-0.4, -0.2) is 31.0 Å². The van der Waals surface area contributed by atoms with Gasteiger partial charge in [-0.3, -0.25) is 9.69 Å². The van der Waals surface area contributed by atoms with Gasteiger partial charge >= 0.3 is 0 Å². The lowest BCUT2D eigenvalue weighted by Gasteiger charge is -2.24. The summed E-state index contributed by atoms with van der Waals surface area (Å²) in [5.74, 6) is 0.428. The van der Waals surface area contributed by atoms with Crippen molar-refractivity contribution in [1.82, 2.24) is 4.90 Å². The van der Waals surface area contributed by atoms with Crippen LogP contribution in [0.25, 0.3) is 0 Å². The topological polar surface area (TPSA) is 41.6 Å². The number of nitrogens with one attached hydrogen (secondary N) is 1. The number of carbonyl (C=O) groups excluding carboxylic acids is 1. The molecular formula is C18H20Cl2N2O2. The molecule has 1 amide bonds. The predicted octanol–water partition coefficient (Wildman–Crippen LogP) is 4.46. The first-order valence-corrected chi connectivity index (χ1v) is 8.25. The highest BCUT2D eigenvalue weighted by atomic mass is 35.5. The summed E-state index contributed by atoms with van der Waals surface area (Å²) >= 11 is 12.0. The van der Waals surface area contributed by atoms with Crippen LogP contribution >= 0.6 is 23.2 Å². The summed E-state index contributed by atoms with van der Waals surface area (Å²) in [7, 11) is 3.44. The standard InChI is InChI=1S/C18H20Cl2N2O2/c1-12(22(2)11-13-5-4-6-14(19)9-13)18(23)21-16-10-15(20)7-8-17(16)24-3/h4-10,12H,11H2,1-3H3,(H,21,23). The first-order valence-electron chi connectivity index (χ1n) is 7.50. The maximum Gasteiger partial charge on any atom is 0.241 e. The van der Waals surface area contributed by atoms with E-state index in [1.165, 1.54) is 0 Å². The highest BCUT2D eigenvalue weighted by molar-refractivity contribution is 6.31. The summed E-state index contributed by atoms with van der Waals surface area (Å²) in [5.41, 5.74) is 1.60. The minimum absolute atomic E-state index is 0.139. The predicted molar refractivity (Wildman–Crippen MR) is 99.0 cm³/mol. The molecule has 1 unspecified atom stereocenters. The largest absolute Gasteiger partial charge is 0.495 e. The summed E-state index contributed by atoms with van der Waals surface area (Å²) in [6.07, 6.45) is 0. The Bertz CT molecular complexity index is 722. The fourth-order valence-electron chi connectivity index (χ4n) is 2.28. The Labute approximate surface area is 152 Å². The number of anilines is 1. The van der Waals surface area contributed by atoms with Gasteiger partial charge in [-0.2, -0.15) is 0 Å². The number of halogens is 2. The van der Waals surface area contributed by atoms with E-state index in [9.17, 15) is 4.79 Å². The van der Waals surface area contributed by atoms with Gasteiger partial charge in [-0.1, -0.05) is 35.3 Å². The second kappa shape index (κ2) is 8.38. The molecule has 0 saturated heterocycles. The van der Waals surface area contributed by atoms with Gasteiger partial charge in [-0.25, -0.2) is 0 Å². The van der Waals surface area contributed by atoms with Gasteiger partial charge < -0.3 is 10.1 Å². The molecule has 1 N–H and O–H groups in total. The van der Waals surface area contributed by atoms with E-state index >= 15 is 0 Å². The van der Waals surface area contributed by atoms with Crippen molar-refractivity contribution in [2.45, 2.75) is 19.5 Å². The molecule has 6 heteroatoms. The van der Waals surface area contributed by atoms with Gasteiger partial charge in [0.05, 0.1) is 18.8 Å². The highest BCUT2D eigenvalue weighted by Crippen LogP contribution is 2.28. The molecule has 1 atom stereocenters. The van der Waals surface area contributed by atoms with Crippen LogP contribution in [0.1, 0.15) is 12.5 Å². The number of likely N-dealkylation sites (N-methyl/N-ethyl adjacent to an activating group) is 1. The Balaban J connectivity index is 2.05. The van der Waals surface area contributed by atoms with Gasteiger partial charge in [-0.05, 0) is 49.9 Å². The molecule has 0 aliphatic rings. The molecular weight excluding hydrogens is 347 g/mol. The minimum Gasteiger partial charge on any atom is -0.495 e. The molecule has 4 nitrogen and oxygen atoms in total. The average molecular weight is 367 g/mol. The average Bonchev–Trinajstić information content (AvgIpc) is 2.54. The zero-order valence-electron chi connectivity index (χ0n) is 13.8. The van der Waals surface area contributed by atoms with E-state index < -0.39 is 0 Å². The molecule has 0 aromatic heterocycles. The van der Waals surface area contributed by atoms with Gasteiger partial charge in [0.15, 0.2) is 0 Å². The molecule has 0 radical (unpaired) electrons. The number of hydrogen-bond acceptors (Lipinski definition) is 3. The van der Waals surface area contributed by atoms with Crippen LogP contribution in [0.3, 0.4) is 0 Å². The van der Waals surface area contributed by atoms with Gasteiger partial charge in [0.2, 0.25) is 5.91 Å². The lowest BCUT2D eigenvalue weighted by molar-refractivity contribution is -0.120. The Morgan fingerprint density at radius 3 is 2.58 bits per heavy atom. The number of hydrogen-bond donors (Lipinski definition) is 1. The monoisotopic (exact) mass is 366 g/mol. The summed E-state index contributed by atoms with van der Waals surface area (Å²) in [5, 5.41) is 4.08. The van der Waals surface area contributed by atoms with Crippen LogP contribution in [-0.2, 0) is 11.3 Å². The van der Waals surface area contributed by atoms with Crippen molar-refractivity contribution in [3.8, 4) is 5.75 Å². The van der Waals surface area contributed by atoms with Gasteiger partial charge in [-0.15, -0.1) is 0 Å². The number of ether oxygens (including phenoxy) is 1. The summed E-state index contributed by atoms with van der Waals surface area (Å²) < 4.78 is 5.25. The van der Waals surface area contributed by atoms with Crippen LogP contribution < -0.4 is 10.1 Å². The van der Waals surface area contributed by atoms with Gasteiger partial charge in [0, 0.05) is 16.6 Å². The molecule has 128 valence electrons. The fraction of sp³-hybridized carbons (Fsp3) is 0.278. The Hall–Kier alpha value is -1.75. The summed E-state index contributed by atoms with van der Waals surface area (Å²) in [6, 6.07) is 12.4. The van der Waals surface area contributed by atoms with Crippen molar-refractivity contribution in [3.63, 3.8) is 0 Å². The third-order valence-corrected chi connectivity index (χ3v) is 4.25. The number of carbonyl (C=O) groups is 1. The normalized spacial score (nSPS) is 12.1. The third-order valence-electron chi connectivity index (χ3n) is 3.78. The zero-order valence-corrected chi connectivity index (χ0v) is 15.4. The van der Waals surface area contributed by atoms with E-state index in [4.69, 9.17) is 27.9 Å². The number of methoxy groups -OCH3 is 1. The smallest absolute Gasteiger partial charge is 0.241 e. The molecule has 2 rings (SSSR count). The van der Waals surface area contributed by atoms with E-state index in [2.05, 4.69) is 5.32 Å². The molecule has 0 heterocycles. The molecule has 0 aliphatic heterocycles. The van der Waals surface area contributed by atoms with Crippen LogP contribution in [0.2, 0.25) is 10.0 Å². The SMILES string of the molecule is COc1ccc(Cl)cc1NC(=O)C(C)N(C)Cc1cccc(Cl)c1. The van der Waals surface area contributed by atoms with E-state index in [-0.39, 0.29) is 11.9 Å². The maximum atomic E-state index is 12.5. The molecule has 0 aliphatic carbocycles. The van der Waals surface area contributed by atoms with E-state index in [0.29, 0.717) is 28.0 Å². The van der Waals surface area contributed by atoms with Crippen molar-refractivity contribution in [3.05, 3.63) is 58.1 Å². The van der Waals surface area contributed by atoms with Crippen molar-refractivity contribution in [2.75, 3.05) is 19.5 Å². The van der Waals surface area contributed by atoms with E-state index in [0.717, 1.165) is 5.56 Å². The number of rotatable bonds is 6. The Kier molecular flexibility index (Phi) is 6.49. The maximum absolute atomic E-state index is 12.5. The molecule has 0 saturated carbocycles. The van der Waals surface area contributed by atoms with Crippen LogP contribution in [0.5, 0.6) is 5.75 Å². The first kappa shape index (κ1) is 18.6. The van der Waals surface area contributed by atoms with Crippen molar-refractivity contribution < 1.29 is 9.53 Å². The lowest BCUT2D eigenvalue weighted by Crippen LogP contribution is -2.39. The first-order chi connectivity index (χ1) is 11.4. The zero-order chi connectivity index (χ0) is 17.7. The Morgan fingerprint density at radius 1 is 1.21 bits per heavy atom. The van der Waals surface area contributed by atoms with Crippen LogP contribution in [0.4, 0.5) is 5.69 Å². The molecule has 0 fully saturated rings. The third kappa shape index (κ3) is 4.87. The Morgan fingerprint density at radius 2 is 1.92 bits per heavy atom. The molecule has 0 bridgehead atoms. The summed E-state index contributed by atoms with van der Waals surface area (Å²) in [4.78, 5) is 14.5. The molecule has 2 aromatic rings. The number of nitrogens with zero attached hydrogens (tertiary/aromatic N) is 1. The fourth-order valence-corrected chi connectivity index (χ4v) is 2.66. The van der Waals surface area contributed by atoms with Crippen molar-refractivity contribution in [2.24, 2.45) is 0 Å². The van der Waals surface area contributed by atoms with Gasteiger partial charge in [0.1, 0.15) is 5.75 Å². The second-order valence-electron chi connectivity index (χ2n) is 5.55. The molecule has 0 spiro atoms. The van der Waals surface area contributed by atoms with E-state index in [1.54, 1.807) is 25.3 Å². The quantitative estimate of drug-likeness (QED) is 0.820. The second-order valence-corrected chi connectivity index (χ2v) is 6.43. The summed E-state index contributed by atoms with van der Waals surface area (Å²) in [6.45, 7) is 2.46. The lowest BCUT2D eigenvalue weighted by atomic mass is 10.2. The van der Waals surface area contributed by atoms with Gasteiger partial charge in [0.25, 0.3) is 0 Å². The van der Waals surface area contributed by atoms with Crippen molar-refractivity contribution in [1.29, 1.82) is 0 Å². The number of amides is 1.